The van der Waals surface area contributed by atoms with E-state index in [1.54, 1.807) is 0 Å². The Morgan fingerprint density at radius 3 is 2.42 bits per heavy atom. The summed E-state index contributed by atoms with van der Waals surface area (Å²) in [5, 5.41) is 10.4. The SMILES string of the molecule is CC1C(C)C2OC1C1C3OC(CC3C(C)(C)O)C21C. The number of rotatable bonds is 1. The fourth-order valence-electron chi connectivity index (χ4n) is 5.73. The number of hydrogen-bond acceptors (Lipinski definition) is 3. The third kappa shape index (κ3) is 1.26. The molecule has 0 saturated carbocycles. The Morgan fingerprint density at radius 1 is 1.11 bits per heavy atom. The van der Waals surface area contributed by atoms with Gasteiger partial charge in [0.2, 0.25) is 0 Å². The lowest BCUT2D eigenvalue weighted by Crippen LogP contribution is -2.55. The van der Waals surface area contributed by atoms with Gasteiger partial charge in [0, 0.05) is 17.3 Å². The molecule has 0 amide bonds. The Morgan fingerprint density at radius 2 is 1.79 bits per heavy atom. The van der Waals surface area contributed by atoms with E-state index in [0.717, 1.165) is 6.42 Å². The van der Waals surface area contributed by atoms with Gasteiger partial charge in [-0.15, -0.1) is 0 Å². The van der Waals surface area contributed by atoms with Crippen molar-refractivity contribution in [1.29, 1.82) is 0 Å². The van der Waals surface area contributed by atoms with Crippen molar-refractivity contribution in [2.75, 3.05) is 0 Å². The van der Waals surface area contributed by atoms with Gasteiger partial charge in [-0.25, -0.2) is 0 Å². The first-order chi connectivity index (χ1) is 8.76. The third-order valence-corrected chi connectivity index (χ3v) is 6.96. The molecule has 4 fully saturated rings. The smallest absolute Gasteiger partial charge is 0.0695 e. The van der Waals surface area contributed by atoms with Crippen molar-refractivity contribution in [1.82, 2.24) is 0 Å². The average Bonchev–Trinajstić information content (AvgIpc) is 2.96. The van der Waals surface area contributed by atoms with Gasteiger partial charge in [0.25, 0.3) is 0 Å². The second kappa shape index (κ2) is 3.37. The van der Waals surface area contributed by atoms with Crippen LogP contribution in [0.2, 0.25) is 0 Å². The minimum absolute atomic E-state index is 0.184. The molecule has 0 aliphatic carbocycles. The highest BCUT2D eigenvalue weighted by Gasteiger charge is 2.75. The van der Waals surface area contributed by atoms with E-state index < -0.39 is 5.60 Å². The fourth-order valence-corrected chi connectivity index (χ4v) is 5.73. The Labute approximate surface area is 115 Å². The number of fused-ring (bicyclic) bond motifs is 9. The van der Waals surface area contributed by atoms with Crippen LogP contribution in [0.5, 0.6) is 0 Å². The minimum atomic E-state index is -0.641. The Kier molecular flexibility index (Phi) is 2.24. The quantitative estimate of drug-likeness (QED) is 0.791. The summed E-state index contributed by atoms with van der Waals surface area (Å²) in [4.78, 5) is 0. The second-order valence-corrected chi connectivity index (χ2v) is 8.22. The lowest BCUT2D eigenvalue weighted by Gasteiger charge is -2.47. The van der Waals surface area contributed by atoms with Crippen LogP contribution in [0.1, 0.15) is 41.0 Å². The maximum Gasteiger partial charge on any atom is 0.0695 e. The number of ether oxygens (including phenoxy) is 2. The topological polar surface area (TPSA) is 38.7 Å². The van der Waals surface area contributed by atoms with Crippen LogP contribution >= 0.6 is 0 Å². The van der Waals surface area contributed by atoms with Gasteiger partial charge in [0.1, 0.15) is 0 Å². The molecule has 4 aliphatic heterocycles. The number of hydrogen-bond donors (Lipinski definition) is 1. The highest BCUT2D eigenvalue weighted by molar-refractivity contribution is 5.22. The van der Waals surface area contributed by atoms with Gasteiger partial charge < -0.3 is 14.6 Å². The van der Waals surface area contributed by atoms with Gasteiger partial charge in [-0.3, -0.25) is 0 Å². The summed E-state index contributed by atoms with van der Waals surface area (Å²) in [6.07, 6.45) is 2.17. The summed E-state index contributed by atoms with van der Waals surface area (Å²) in [5.41, 5.74) is -0.458. The molecular weight excluding hydrogens is 240 g/mol. The van der Waals surface area contributed by atoms with Crippen LogP contribution in [0.4, 0.5) is 0 Å². The molecule has 4 aliphatic rings. The highest BCUT2D eigenvalue weighted by atomic mass is 16.6. The van der Waals surface area contributed by atoms with Gasteiger partial charge in [-0.05, 0) is 32.1 Å². The normalized spacial score (nSPS) is 62.8. The average molecular weight is 266 g/mol. The summed E-state index contributed by atoms with van der Waals surface area (Å²) in [7, 11) is 0. The van der Waals surface area contributed by atoms with E-state index in [9.17, 15) is 5.11 Å². The molecule has 108 valence electrons. The second-order valence-electron chi connectivity index (χ2n) is 8.22. The lowest BCUT2D eigenvalue weighted by molar-refractivity contribution is -0.0502. The molecule has 0 aromatic carbocycles. The predicted octanol–water partition coefficient (Wildman–Crippen LogP) is 2.22. The summed E-state index contributed by atoms with van der Waals surface area (Å²) in [6, 6.07) is 0. The van der Waals surface area contributed by atoms with E-state index in [1.165, 1.54) is 0 Å². The van der Waals surface area contributed by atoms with Gasteiger partial charge in [0.15, 0.2) is 0 Å². The molecule has 3 heteroatoms. The van der Waals surface area contributed by atoms with E-state index in [-0.39, 0.29) is 23.5 Å². The summed E-state index contributed by atoms with van der Waals surface area (Å²) >= 11 is 0. The van der Waals surface area contributed by atoms with Crippen LogP contribution in [0.3, 0.4) is 0 Å². The van der Waals surface area contributed by atoms with E-state index in [2.05, 4.69) is 20.8 Å². The van der Waals surface area contributed by atoms with Gasteiger partial charge in [-0.2, -0.15) is 0 Å². The molecule has 3 nitrogen and oxygen atoms in total. The van der Waals surface area contributed by atoms with Crippen molar-refractivity contribution >= 4 is 0 Å². The zero-order chi connectivity index (χ0) is 13.7. The minimum Gasteiger partial charge on any atom is -0.390 e. The molecule has 4 saturated heterocycles. The van der Waals surface area contributed by atoms with Crippen molar-refractivity contribution in [3.63, 3.8) is 0 Å². The molecule has 9 atom stereocenters. The third-order valence-electron chi connectivity index (χ3n) is 6.96. The molecule has 0 spiro atoms. The van der Waals surface area contributed by atoms with Crippen molar-refractivity contribution in [2.45, 2.75) is 71.1 Å². The molecule has 0 aromatic rings. The van der Waals surface area contributed by atoms with Crippen LogP contribution in [-0.4, -0.2) is 35.1 Å². The molecule has 4 rings (SSSR count). The molecule has 1 N–H and O–H groups in total. The lowest BCUT2D eigenvalue weighted by atomic mass is 9.53. The van der Waals surface area contributed by atoms with E-state index >= 15 is 0 Å². The van der Waals surface area contributed by atoms with Crippen LogP contribution in [0.15, 0.2) is 0 Å². The highest BCUT2D eigenvalue weighted by Crippen LogP contribution is 2.68. The van der Waals surface area contributed by atoms with Gasteiger partial charge in [-0.1, -0.05) is 20.8 Å². The molecule has 0 radical (unpaired) electrons. The monoisotopic (exact) mass is 266 g/mol. The van der Waals surface area contributed by atoms with Crippen LogP contribution in [0, 0.1) is 29.1 Å². The predicted molar refractivity (Wildman–Crippen MR) is 71.7 cm³/mol. The molecule has 19 heavy (non-hydrogen) atoms. The van der Waals surface area contributed by atoms with E-state index in [0.29, 0.717) is 30.0 Å². The number of aliphatic hydroxyl groups is 1. The van der Waals surface area contributed by atoms with Gasteiger partial charge >= 0.3 is 0 Å². The first kappa shape index (κ1) is 12.6. The van der Waals surface area contributed by atoms with Crippen LogP contribution < -0.4 is 0 Å². The van der Waals surface area contributed by atoms with Crippen molar-refractivity contribution in [2.24, 2.45) is 29.1 Å². The van der Waals surface area contributed by atoms with Crippen LogP contribution in [0.25, 0.3) is 0 Å². The van der Waals surface area contributed by atoms with E-state index in [1.807, 2.05) is 13.8 Å². The summed E-state index contributed by atoms with van der Waals surface area (Å²) in [5.74, 6) is 2.00. The standard InChI is InChI=1S/C16H26O3/c1-7-8(2)14-16(5)10-6-9(15(3,4)17)13(18-10)11(16)12(7)19-14/h7-14,17H,6H2,1-5H3. The van der Waals surface area contributed by atoms with Crippen molar-refractivity contribution in [3.8, 4) is 0 Å². The first-order valence-electron chi connectivity index (χ1n) is 7.79. The van der Waals surface area contributed by atoms with Crippen LogP contribution in [-0.2, 0) is 9.47 Å². The van der Waals surface area contributed by atoms with Crippen molar-refractivity contribution in [3.05, 3.63) is 0 Å². The zero-order valence-corrected chi connectivity index (χ0v) is 12.6. The Balaban J connectivity index is 1.72. The molecule has 0 aromatic heterocycles. The maximum absolute atomic E-state index is 10.4. The largest absolute Gasteiger partial charge is 0.390 e. The maximum atomic E-state index is 10.4. The van der Waals surface area contributed by atoms with Crippen molar-refractivity contribution < 1.29 is 14.6 Å². The molecular formula is C16H26O3. The zero-order valence-electron chi connectivity index (χ0n) is 12.6. The van der Waals surface area contributed by atoms with Gasteiger partial charge in [0.05, 0.1) is 30.0 Å². The summed E-state index contributed by atoms with van der Waals surface area (Å²) in [6.45, 7) is 10.9. The Hall–Kier alpha value is -0.120. The van der Waals surface area contributed by atoms with E-state index in [4.69, 9.17) is 9.47 Å². The first-order valence-corrected chi connectivity index (χ1v) is 7.79. The fraction of sp³-hybridized carbons (Fsp3) is 1.00. The molecule has 4 heterocycles. The Bertz CT molecular complexity index is 415. The molecule has 4 bridgehead atoms. The summed E-state index contributed by atoms with van der Waals surface area (Å²) < 4.78 is 12.7. The molecule has 9 unspecified atom stereocenters.